The summed E-state index contributed by atoms with van der Waals surface area (Å²) < 4.78 is 69.4. The highest BCUT2D eigenvalue weighted by Gasteiger charge is 2.44. The first-order valence-electron chi connectivity index (χ1n) is 16.7. The van der Waals surface area contributed by atoms with Gasteiger partial charge in [0, 0.05) is 32.0 Å². The molecule has 2 aromatic rings. The second-order valence-corrected chi connectivity index (χ2v) is 15.4. The predicted molar refractivity (Wildman–Crippen MR) is 189 cm³/mol. The average molecular weight is 734 g/mol. The lowest BCUT2D eigenvalue weighted by Crippen LogP contribution is -2.52. The summed E-state index contributed by atoms with van der Waals surface area (Å²) in [5, 5.41) is 6.09. The quantitative estimate of drug-likeness (QED) is 0.236. The van der Waals surface area contributed by atoms with Crippen molar-refractivity contribution < 1.29 is 46.4 Å². The molecule has 0 unspecified atom stereocenters. The van der Waals surface area contributed by atoms with Crippen molar-refractivity contribution in [1.29, 1.82) is 0 Å². The van der Waals surface area contributed by atoms with Crippen LogP contribution in [0, 0.1) is 11.8 Å². The van der Waals surface area contributed by atoms with Crippen LogP contribution in [0.5, 0.6) is 17.2 Å². The molecular weight excluding hydrogens is 687 g/mol. The van der Waals surface area contributed by atoms with Crippen LogP contribution in [0.4, 0.5) is 4.79 Å². The van der Waals surface area contributed by atoms with Gasteiger partial charge in [-0.1, -0.05) is 44.3 Å². The fourth-order valence-corrected chi connectivity index (χ4v) is 7.89. The van der Waals surface area contributed by atoms with Gasteiger partial charge in [-0.15, -0.1) is 0 Å². The van der Waals surface area contributed by atoms with E-state index in [0.717, 1.165) is 17.7 Å². The molecule has 1 amide bonds. The largest absolute Gasteiger partial charge is 0.487 e. The summed E-state index contributed by atoms with van der Waals surface area (Å²) in [6.07, 6.45) is 0.715. The van der Waals surface area contributed by atoms with Gasteiger partial charge in [-0.3, -0.25) is 0 Å². The highest BCUT2D eigenvalue weighted by molar-refractivity contribution is 7.89. The van der Waals surface area contributed by atoms with Gasteiger partial charge in [0.15, 0.2) is 17.8 Å². The van der Waals surface area contributed by atoms with Crippen molar-refractivity contribution in [2.75, 3.05) is 46.8 Å². The molecule has 2 aromatic carbocycles. The lowest BCUT2D eigenvalue weighted by molar-refractivity contribution is -0.0907. The number of hydrogen-bond acceptors (Lipinski definition) is 11. The minimum Gasteiger partial charge on any atom is -0.487 e. The van der Waals surface area contributed by atoms with Crippen LogP contribution in [0.15, 0.2) is 59.1 Å². The van der Waals surface area contributed by atoms with E-state index in [9.17, 15) is 13.2 Å². The molecule has 15 heteroatoms. The van der Waals surface area contributed by atoms with E-state index >= 15 is 0 Å². The highest BCUT2D eigenvalue weighted by atomic mass is 32.2. The van der Waals surface area contributed by atoms with Gasteiger partial charge >= 0.3 is 6.09 Å². The number of nitrogens with zero attached hydrogens (tertiary/aromatic N) is 1. The van der Waals surface area contributed by atoms with E-state index in [4.69, 9.17) is 45.4 Å². The monoisotopic (exact) mass is 733 g/mol. The Hall–Kier alpha value is -3.47. The van der Waals surface area contributed by atoms with Crippen molar-refractivity contribution in [2.45, 2.75) is 70.0 Å². The molecule has 50 heavy (non-hydrogen) atoms. The number of methoxy groups -OCH3 is 1. The molecule has 5 rings (SSSR count). The Labute approximate surface area is 299 Å². The third-order valence-corrected chi connectivity index (χ3v) is 10.6. The fraction of sp³-hybridized carbons (Fsp3) is 0.543. The molecule has 0 aliphatic carbocycles. The van der Waals surface area contributed by atoms with Crippen LogP contribution in [0.1, 0.15) is 39.7 Å². The number of allylic oxidation sites excluding steroid dienone is 1. The molecule has 0 bridgehead atoms. The normalized spacial score (nSPS) is 21.2. The zero-order valence-electron chi connectivity index (χ0n) is 29.1. The molecule has 3 aliphatic rings. The summed E-state index contributed by atoms with van der Waals surface area (Å²) in [6.45, 7) is 8.89. The summed E-state index contributed by atoms with van der Waals surface area (Å²) in [5.74, 6) is 1.46. The summed E-state index contributed by atoms with van der Waals surface area (Å²) in [4.78, 5) is 14.1. The first kappa shape index (κ1) is 37.8. The van der Waals surface area contributed by atoms with Gasteiger partial charge in [0.25, 0.3) is 0 Å². The van der Waals surface area contributed by atoms with Gasteiger partial charge in [0.1, 0.15) is 18.5 Å². The lowest BCUT2D eigenvalue weighted by Gasteiger charge is -2.33. The standard InChI is InChI=1S/C35H47N3O10S2/c1-6-25(36-23(4)49)19-44-26-9-7-24(8-10-26)15-29(37-35(39)48-33-20-45-34-28(33)13-14-43-34)32(42-5)18-38(17-22(2)3)50(40,41)27-11-12-30-31(16-27)47-21-46-30/h6-12,16,22,28-29,32-34H,13-15,17-21H2,1-5H3,(H,36,49)(H,37,39)/b25-6-/t28-,29-,32+,33-,34+/m0/s1. The number of amides is 1. The number of thiocarbonyl (C=S) groups is 1. The van der Waals surface area contributed by atoms with Crippen LogP contribution in [-0.2, 0) is 35.4 Å². The zero-order valence-corrected chi connectivity index (χ0v) is 30.7. The first-order valence-corrected chi connectivity index (χ1v) is 18.6. The zero-order chi connectivity index (χ0) is 35.8. The van der Waals surface area contributed by atoms with Crippen molar-refractivity contribution in [2.24, 2.45) is 11.8 Å². The van der Waals surface area contributed by atoms with Crippen LogP contribution in [0.25, 0.3) is 0 Å². The molecule has 13 nitrogen and oxygen atoms in total. The van der Waals surface area contributed by atoms with Crippen molar-refractivity contribution >= 4 is 33.3 Å². The number of ether oxygens (including phenoxy) is 7. The van der Waals surface area contributed by atoms with Gasteiger partial charge in [-0.2, -0.15) is 4.31 Å². The van der Waals surface area contributed by atoms with Gasteiger partial charge in [-0.05, 0) is 62.4 Å². The number of rotatable bonds is 16. The van der Waals surface area contributed by atoms with Crippen LogP contribution >= 0.6 is 12.2 Å². The number of alkyl carbamates (subject to hydrolysis) is 1. The summed E-state index contributed by atoms with van der Waals surface area (Å²) >= 11 is 5.14. The summed E-state index contributed by atoms with van der Waals surface area (Å²) in [6, 6.07) is 11.4. The Morgan fingerprint density at radius 1 is 1.10 bits per heavy atom. The lowest BCUT2D eigenvalue weighted by atomic mass is 10.0. The van der Waals surface area contributed by atoms with Crippen molar-refractivity contribution in [3.63, 3.8) is 0 Å². The predicted octanol–water partition coefficient (Wildman–Crippen LogP) is 4.40. The highest BCUT2D eigenvalue weighted by Crippen LogP contribution is 2.35. The maximum Gasteiger partial charge on any atom is 0.407 e. The van der Waals surface area contributed by atoms with E-state index in [-0.39, 0.29) is 49.5 Å². The number of nitrogens with one attached hydrogen (secondary N) is 2. The van der Waals surface area contributed by atoms with Gasteiger partial charge < -0.3 is 43.8 Å². The van der Waals surface area contributed by atoms with Crippen LogP contribution in [0.2, 0.25) is 0 Å². The molecule has 0 aromatic heterocycles. The van der Waals surface area contributed by atoms with E-state index in [0.29, 0.717) is 41.9 Å². The molecule has 274 valence electrons. The van der Waals surface area contributed by atoms with E-state index in [1.54, 1.807) is 13.0 Å². The number of benzene rings is 2. The summed E-state index contributed by atoms with van der Waals surface area (Å²) in [5.41, 5.74) is 1.71. The molecule has 5 atom stereocenters. The maximum absolute atomic E-state index is 14.1. The van der Waals surface area contributed by atoms with Gasteiger partial charge in [0.05, 0.1) is 41.2 Å². The number of sulfonamides is 1. The Bertz CT molecular complexity index is 1620. The minimum absolute atomic E-state index is 0.00433. The average Bonchev–Trinajstić information content (AvgIpc) is 3.84. The maximum atomic E-state index is 14.1. The van der Waals surface area contributed by atoms with E-state index in [2.05, 4.69) is 10.6 Å². The fourth-order valence-electron chi connectivity index (χ4n) is 6.13. The molecule has 3 heterocycles. The molecule has 0 saturated carbocycles. The Morgan fingerprint density at radius 2 is 1.86 bits per heavy atom. The molecule has 2 fully saturated rings. The number of fused-ring (bicyclic) bond motifs is 2. The molecule has 0 radical (unpaired) electrons. The van der Waals surface area contributed by atoms with E-state index in [1.807, 2.05) is 51.1 Å². The molecule has 0 spiro atoms. The van der Waals surface area contributed by atoms with Crippen LogP contribution < -0.4 is 24.8 Å². The van der Waals surface area contributed by atoms with Crippen molar-refractivity contribution in [1.82, 2.24) is 14.9 Å². The number of carbonyl (C=O) groups excluding carboxylic acids is 1. The van der Waals surface area contributed by atoms with Gasteiger partial charge in [0.2, 0.25) is 16.8 Å². The molecule has 2 N–H and O–H groups in total. The van der Waals surface area contributed by atoms with E-state index in [1.165, 1.54) is 23.5 Å². The minimum atomic E-state index is -4.01. The van der Waals surface area contributed by atoms with Crippen molar-refractivity contribution in [3.8, 4) is 17.2 Å². The van der Waals surface area contributed by atoms with E-state index < -0.39 is 34.4 Å². The SMILES string of the molecule is C/C=C(/COc1ccc(C[C@H](NC(=O)O[C@H]2CO[C@H]3OCC[C@H]32)[C@@H](CN(CC(C)C)S(=O)(=O)c2ccc3c(c2)OCO3)OC)cc1)NC(C)=S. The smallest absolute Gasteiger partial charge is 0.407 e. The molecule has 2 saturated heterocycles. The third kappa shape index (κ3) is 9.65. The van der Waals surface area contributed by atoms with Crippen LogP contribution in [0.3, 0.4) is 0 Å². The second kappa shape index (κ2) is 17.2. The Kier molecular flexibility index (Phi) is 13.0. The third-order valence-electron chi connectivity index (χ3n) is 8.69. The number of hydrogen-bond donors (Lipinski definition) is 2. The molecular formula is C35H47N3O10S2. The first-order chi connectivity index (χ1) is 24.0. The second-order valence-electron chi connectivity index (χ2n) is 12.9. The van der Waals surface area contributed by atoms with Crippen molar-refractivity contribution in [3.05, 3.63) is 59.8 Å². The Morgan fingerprint density at radius 3 is 2.56 bits per heavy atom. The Balaban J connectivity index is 1.35. The van der Waals surface area contributed by atoms with Gasteiger partial charge in [-0.25, -0.2) is 13.2 Å². The topological polar surface area (TPSA) is 143 Å². The number of carbonyl (C=O) groups is 1. The van der Waals surface area contributed by atoms with Crippen LogP contribution in [-0.4, -0.2) is 95.2 Å². The molecule has 3 aliphatic heterocycles. The summed E-state index contributed by atoms with van der Waals surface area (Å²) in [7, 11) is -2.50.